The first-order valence-corrected chi connectivity index (χ1v) is 9.12. The number of anilines is 2. The number of rotatable bonds is 8. The summed E-state index contributed by atoms with van der Waals surface area (Å²) >= 11 is 0. The van der Waals surface area contributed by atoms with Gasteiger partial charge in [0, 0.05) is 39.8 Å². The minimum absolute atomic E-state index is 0.131. The number of halogens is 3. The quantitative estimate of drug-likeness (QED) is 0.702. The summed E-state index contributed by atoms with van der Waals surface area (Å²) in [7, 11) is -0.124. The average Bonchev–Trinajstić information content (AvgIpc) is 2.44. The van der Waals surface area contributed by atoms with E-state index in [-0.39, 0.29) is 24.9 Å². The van der Waals surface area contributed by atoms with Gasteiger partial charge in [0.2, 0.25) is 16.0 Å². The highest BCUT2D eigenvalue weighted by molar-refractivity contribution is 7.88. The summed E-state index contributed by atoms with van der Waals surface area (Å²) < 4.78 is 62.8. The highest BCUT2D eigenvalue weighted by Crippen LogP contribution is 2.30. The number of nitrogens with one attached hydrogen (secondary N) is 1. The third-order valence-corrected chi connectivity index (χ3v) is 4.53. The maximum Gasteiger partial charge on any atom is 0.433 e. The van der Waals surface area contributed by atoms with E-state index in [1.54, 1.807) is 21.0 Å². The number of hydrogen-bond donors (Lipinski definition) is 1. The van der Waals surface area contributed by atoms with E-state index in [0.717, 1.165) is 12.3 Å². The van der Waals surface area contributed by atoms with Gasteiger partial charge in [-0.15, -0.1) is 0 Å². The van der Waals surface area contributed by atoms with Crippen molar-refractivity contribution in [1.29, 1.82) is 0 Å². The molecule has 0 saturated heterocycles. The molecule has 11 heteroatoms. The summed E-state index contributed by atoms with van der Waals surface area (Å²) in [5.74, 6) is -0.0120. The molecular weight excluding hydrogens is 347 g/mol. The fraction of sp³-hybridized carbons (Fsp3) is 0.692. The molecule has 0 amide bonds. The van der Waals surface area contributed by atoms with Crippen LogP contribution in [0, 0.1) is 0 Å². The number of sulfonamides is 1. The molecule has 0 bridgehead atoms. The minimum atomic E-state index is -4.57. The van der Waals surface area contributed by atoms with Gasteiger partial charge >= 0.3 is 6.18 Å². The van der Waals surface area contributed by atoms with E-state index in [1.807, 2.05) is 0 Å². The first-order chi connectivity index (χ1) is 10.9. The van der Waals surface area contributed by atoms with Crippen LogP contribution in [0.15, 0.2) is 6.07 Å². The molecule has 0 unspecified atom stereocenters. The lowest BCUT2D eigenvalue weighted by atomic mass is 10.3. The molecule has 1 aromatic heterocycles. The molecule has 1 aromatic rings. The van der Waals surface area contributed by atoms with Crippen LogP contribution in [-0.4, -0.2) is 62.7 Å². The molecule has 24 heavy (non-hydrogen) atoms. The van der Waals surface area contributed by atoms with Crippen molar-refractivity contribution in [3.05, 3.63) is 11.8 Å². The molecule has 1 N–H and O–H groups in total. The Kier molecular flexibility index (Phi) is 6.78. The molecule has 0 spiro atoms. The van der Waals surface area contributed by atoms with Gasteiger partial charge in [-0.3, -0.25) is 0 Å². The van der Waals surface area contributed by atoms with Crippen molar-refractivity contribution < 1.29 is 21.6 Å². The lowest BCUT2D eigenvalue weighted by Crippen LogP contribution is -2.31. The van der Waals surface area contributed by atoms with E-state index in [2.05, 4.69) is 15.3 Å². The van der Waals surface area contributed by atoms with Gasteiger partial charge in [0.25, 0.3) is 0 Å². The molecule has 0 aliphatic carbocycles. The SMILES string of the molecule is CCN(CCCNc1nc(N(C)C)cc(C(F)(F)F)n1)S(C)(=O)=O. The summed E-state index contributed by atoms with van der Waals surface area (Å²) in [6.07, 6.45) is -3.04. The van der Waals surface area contributed by atoms with Crippen LogP contribution in [-0.2, 0) is 16.2 Å². The second-order valence-electron chi connectivity index (χ2n) is 5.36. The largest absolute Gasteiger partial charge is 0.433 e. The minimum Gasteiger partial charge on any atom is -0.363 e. The van der Waals surface area contributed by atoms with Crippen molar-refractivity contribution >= 4 is 21.8 Å². The van der Waals surface area contributed by atoms with Crippen molar-refractivity contribution in [3.8, 4) is 0 Å². The Morgan fingerprint density at radius 3 is 2.33 bits per heavy atom. The van der Waals surface area contributed by atoms with Crippen molar-refractivity contribution in [2.75, 3.05) is 50.2 Å². The Hall–Kier alpha value is -1.62. The van der Waals surface area contributed by atoms with Gasteiger partial charge in [-0.1, -0.05) is 6.92 Å². The topological polar surface area (TPSA) is 78.4 Å². The summed E-state index contributed by atoms with van der Waals surface area (Å²) in [6.45, 7) is 2.57. The van der Waals surface area contributed by atoms with Gasteiger partial charge < -0.3 is 10.2 Å². The Morgan fingerprint density at radius 1 is 1.25 bits per heavy atom. The fourth-order valence-electron chi connectivity index (χ4n) is 1.90. The summed E-state index contributed by atoms with van der Waals surface area (Å²) in [6, 6.07) is 0.869. The van der Waals surface area contributed by atoms with E-state index in [9.17, 15) is 21.6 Å². The number of alkyl halides is 3. The zero-order valence-corrected chi connectivity index (χ0v) is 14.9. The predicted octanol–water partition coefficient (Wildman–Crippen LogP) is 1.64. The second kappa shape index (κ2) is 7.97. The summed E-state index contributed by atoms with van der Waals surface area (Å²) in [4.78, 5) is 8.92. The second-order valence-corrected chi connectivity index (χ2v) is 7.34. The van der Waals surface area contributed by atoms with Crippen LogP contribution >= 0.6 is 0 Å². The van der Waals surface area contributed by atoms with Crippen LogP contribution in [0.4, 0.5) is 24.9 Å². The van der Waals surface area contributed by atoms with Gasteiger partial charge in [0.1, 0.15) is 5.82 Å². The first kappa shape index (κ1) is 20.4. The summed E-state index contributed by atoms with van der Waals surface area (Å²) in [5, 5.41) is 2.71. The zero-order chi connectivity index (χ0) is 18.5. The van der Waals surface area contributed by atoms with Crippen LogP contribution in [0.25, 0.3) is 0 Å². The van der Waals surface area contributed by atoms with Crippen LogP contribution < -0.4 is 10.2 Å². The molecule has 0 aliphatic heterocycles. The van der Waals surface area contributed by atoms with Crippen molar-refractivity contribution in [3.63, 3.8) is 0 Å². The lowest BCUT2D eigenvalue weighted by molar-refractivity contribution is -0.141. The van der Waals surface area contributed by atoms with Gasteiger partial charge in [0.05, 0.1) is 6.26 Å². The Morgan fingerprint density at radius 2 is 1.88 bits per heavy atom. The molecular formula is C13H22F3N5O2S. The van der Waals surface area contributed by atoms with Crippen molar-refractivity contribution in [2.24, 2.45) is 0 Å². The predicted molar refractivity (Wildman–Crippen MR) is 86.6 cm³/mol. The molecule has 0 saturated carbocycles. The average molecular weight is 369 g/mol. The van der Waals surface area contributed by atoms with Gasteiger partial charge in [-0.05, 0) is 6.42 Å². The Bertz CT molecular complexity index is 649. The Balaban J connectivity index is 2.76. The maximum absolute atomic E-state index is 12.9. The lowest BCUT2D eigenvalue weighted by Gasteiger charge is -2.18. The van der Waals surface area contributed by atoms with E-state index in [0.29, 0.717) is 13.0 Å². The third-order valence-electron chi connectivity index (χ3n) is 3.15. The van der Waals surface area contributed by atoms with Crippen LogP contribution in [0.3, 0.4) is 0 Å². The van der Waals surface area contributed by atoms with Crippen LogP contribution in [0.5, 0.6) is 0 Å². The zero-order valence-electron chi connectivity index (χ0n) is 14.1. The molecule has 0 fully saturated rings. The van der Waals surface area contributed by atoms with Crippen molar-refractivity contribution in [1.82, 2.24) is 14.3 Å². The molecule has 0 radical (unpaired) electrons. The summed E-state index contributed by atoms with van der Waals surface area (Å²) in [5.41, 5.74) is -1.03. The van der Waals surface area contributed by atoms with E-state index < -0.39 is 21.9 Å². The van der Waals surface area contributed by atoms with Crippen LogP contribution in [0.2, 0.25) is 0 Å². The molecule has 0 atom stereocenters. The molecule has 1 heterocycles. The first-order valence-electron chi connectivity index (χ1n) is 7.27. The van der Waals surface area contributed by atoms with Crippen molar-refractivity contribution in [2.45, 2.75) is 19.5 Å². The van der Waals surface area contributed by atoms with E-state index >= 15 is 0 Å². The van der Waals surface area contributed by atoms with Gasteiger partial charge in [-0.25, -0.2) is 17.7 Å². The van der Waals surface area contributed by atoms with Gasteiger partial charge in [-0.2, -0.15) is 18.2 Å². The monoisotopic (exact) mass is 369 g/mol. The Labute approximate surface area is 139 Å². The highest BCUT2D eigenvalue weighted by Gasteiger charge is 2.34. The van der Waals surface area contributed by atoms with Crippen LogP contribution in [0.1, 0.15) is 19.0 Å². The standard InChI is InChI=1S/C13H22F3N5O2S/c1-5-21(24(4,22)23)8-6-7-17-12-18-10(13(14,15)16)9-11(19-12)20(2)3/h9H,5-8H2,1-4H3,(H,17,18,19). The fourth-order valence-corrected chi connectivity index (χ4v) is 2.83. The van der Waals surface area contributed by atoms with E-state index in [1.165, 1.54) is 9.21 Å². The molecule has 0 aromatic carbocycles. The normalized spacial score (nSPS) is 12.5. The highest BCUT2D eigenvalue weighted by atomic mass is 32.2. The maximum atomic E-state index is 12.9. The van der Waals surface area contributed by atoms with E-state index in [4.69, 9.17) is 0 Å². The molecule has 0 aliphatic rings. The molecule has 138 valence electrons. The molecule has 7 nitrogen and oxygen atoms in total. The smallest absolute Gasteiger partial charge is 0.363 e. The number of hydrogen-bond acceptors (Lipinski definition) is 6. The number of aromatic nitrogens is 2. The van der Waals surface area contributed by atoms with Gasteiger partial charge in [0.15, 0.2) is 5.69 Å². The number of nitrogens with zero attached hydrogens (tertiary/aromatic N) is 4. The third kappa shape index (κ3) is 6.11. The molecule has 1 rings (SSSR count).